The maximum Gasteiger partial charge on any atom is 0.300 e. The lowest BCUT2D eigenvalue weighted by Crippen LogP contribution is -2.12. The van der Waals surface area contributed by atoms with Gasteiger partial charge >= 0.3 is 5.91 Å². The van der Waals surface area contributed by atoms with Gasteiger partial charge in [0.15, 0.2) is 0 Å². The molecule has 0 atom stereocenters. The number of hydrogen-bond acceptors (Lipinski definition) is 4. The summed E-state index contributed by atoms with van der Waals surface area (Å²) in [5.74, 6) is 3.62. The van der Waals surface area contributed by atoms with Gasteiger partial charge in [-0.3, -0.25) is 4.79 Å². The average molecular weight is 411 g/mol. The molecular formula is C22H19F2N3O3. The summed E-state index contributed by atoms with van der Waals surface area (Å²) in [5.41, 5.74) is 1.16. The number of anilines is 1. The van der Waals surface area contributed by atoms with E-state index in [1.807, 2.05) is 6.92 Å². The number of aromatic nitrogens is 2. The van der Waals surface area contributed by atoms with Crippen molar-refractivity contribution in [2.45, 2.75) is 6.92 Å². The Labute approximate surface area is 172 Å². The van der Waals surface area contributed by atoms with E-state index >= 15 is 0 Å². The molecule has 0 spiro atoms. The Balaban J connectivity index is 1.80. The predicted octanol–water partition coefficient (Wildman–Crippen LogP) is 3.76. The smallest absolute Gasteiger partial charge is 0.300 e. The zero-order chi connectivity index (χ0) is 21.3. The van der Waals surface area contributed by atoms with Crippen molar-refractivity contribution in [3.05, 3.63) is 66.0 Å². The summed E-state index contributed by atoms with van der Waals surface area (Å²) >= 11 is 0. The van der Waals surface area contributed by atoms with Crippen LogP contribution in [0.25, 0.3) is 11.4 Å². The Morgan fingerprint density at radius 2 is 1.97 bits per heavy atom. The van der Waals surface area contributed by atoms with Crippen molar-refractivity contribution in [2.75, 3.05) is 25.1 Å². The van der Waals surface area contributed by atoms with Crippen molar-refractivity contribution < 1.29 is 23.0 Å². The van der Waals surface area contributed by atoms with Crippen LogP contribution in [0.1, 0.15) is 12.5 Å². The fourth-order valence-electron chi connectivity index (χ4n) is 2.59. The third-order valence-corrected chi connectivity index (χ3v) is 3.87. The number of ether oxygens (including phenoxy) is 2. The molecule has 1 heterocycles. The lowest BCUT2D eigenvalue weighted by Gasteiger charge is -2.12. The fourth-order valence-corrected chi connectivity index (χ4v) is 2.59. The largest absolute Gasteiger partial charge is 0.489 e. The average Bonchev–Trinajstić information content (AvgIpc) is 3.25. The molecule has 0 saturated heterocycles. The maximum atomic E-state index is 13.3. The lowest BCUT2D eigenvalue weighted by atomic mass is 10.1. The topological polar surface area (TPSA) is 76.2 Å². The number of imidazole rings is 1. The van der Waals surface area contributed by atoms with Crippen LogP contribution in [0.15, 0.2) is 48.8 Å². The van der Waals surface area contributed by atoms with Crippen molar-refractivity contribution in [1.82, 2.24) is 9.97 Å². The maximum absolute atomic E-state index is 13.3. The third kappa shape index (κ3) is 5.90. The number of carbonyl (C=O) groups excluding carboxylic acids is 1. The highest BCUT2D eigenvalue weighted by atomic mass is 19.1. The molecule has 2 aromatic carbocycles. The van der Waals surface area contributed by atoms with Crippen LogP contribution in [0.5, 0.6) is 5.75 Å². The number of rotatable bonds is 7. The van der Waals surface area contributed by atoms with Crippen LogP contribution in [0.3, 0.4) is 0 Å². The molecule has 3 aromatic rings. The van der Waals surface area contributed by atoms with Gasteiger partial charge in [-0.1, -0.05) is 5.92 Å². The minimum Gasteiger partial charge on any atom is -0.489 e. The van der Waals surface area contributed by atoms with Crippen LogP contribution in [-0.4, -0.2) is 35.7 Å². The van der Waals surface area contributed by atoms with Gasteiger partial charge in [0.2, 0.25) is 0 Å². The van der Waals surface area contributed by atoms with Crippen LogP contribution in [0, 0.1) is 23.5 Å². The number of nitrogens with one attached hydrogen (secondary N) is 2. The van der Waals surface area contributed by atoms with E-state index < -0.39 is 17.5 Å². The van der Waals surface area contributed by atoms with Gasteiger partial charge in [-0.15, -0.1) is 0 Å². The van der Waals surface area contributed by atoms with Gasteiger partial charge in [0.25, 0.3) is 0 Å². The molecule has 8 heteroatoms. The Kier molecular flexibility index (Phi) is 7.14. The summed E-state index contributed by atoms with van der Waals surface area (Å²) in [7, 11) is 0. The van der Waals surface area contributed by atoms with Crippen LogP contribution >= 0.6 is 0 Å². The second kappa shape index (κ2) is 10.2. The van der Waals surface area contributed by atoms with E-state index in [9.17, 15) is 13.6 Å². The monoisotopic (exact) mass is 411 g/mol. The first-order valence-corrected chi connectivity index (χ1v) is 9.18. The number of amides is 1. The van der Waals surface area contributed by atoms with Crippen molar-refractivity contribution in [3.8, 4) is 29.0 Å². The molecular weight excluding hydrogens is 392 g/mol. The number of aromatic amines is 1. The van der Waals surface area contributed by atoms with Gasteiger partial charge in [-0.05, 0) is 37.3 Å². The molecule has 30 heavy (non-hydrogen) atoms. The Hall–Kier alpha value is -3.70. The van der Waals surface area contributed by atoms with E-state index in [4.69, 9.17) is 9.47 Å². The lowest BCUT2D eigenvalue weighted by molar-refractivity contribution is -0.111. The van der Waals surface area contributed by atoms with E-state index in [0.717, 1.165) is 23.8 Å². The van der Waals surface area contributed by atoms with Gasteiger partial charge in [0.05, 0.1) is 12.3 Å². The van der Waals surface area contributed by atoms with E-state index in [1.165, 1.54) is 0 Å². The van der Waals surface area contributed by atoms with Crippen LogP contribution in [-0.2, 0) is 9.53 Å². The number of carbonyl (C=O) groups is 1. The third-order valence-electron chi connectivity index (χ3n) is 3.87. The summed E-state index contributed by atoms with van der Waals surface area (Å²) in [6, 6.07) is 8.01. The van der Waals surface area contributed by atoms with Gasteiger partial charge in [-0.25, -0.2) is 13.8 Å². The molecule has 6 nitrogen and oxygen atoms in total. The molecule has 0 unspecified atom stereocenters. The Morgan fingerprint density at radius 1 is 1.17 bits per heavy atom. The second-order valence-corrected chi connectivity index (χ2v) is 6.06. The summed E-state index contributed by atoms with van der Waals surface area (Å²) in [6.07, 6.45) is 3.30. The van der Waals surface area contributed by atoms with Crippen molar-refractivity contribution in [2.24, 2.45) is 0 Å². The first-order valence-electron chi connectivity index (χ1n) is 9.18. The number of hydrogen-bond donors (Lipinski definition) is 2. The number of nitrogens with zero attached hydrogens (tertiary/aromatic N) is 1. The SMILES string of the molecule is CCOCCOc1ccc(-c2ncc[nH]2)cc1NC(=O)C#Cc1cc(F)cc(F)c1. The van der Waals surface area contributed by atoms with Crippen molar-refractivity contribution in [1.29, 1.82) is 0 Å². The second-order valence-electron chi connectivity index (χ2n) is 6.06. The molecule has 0 aliphatic rings. The number of halogens is 2. The molecule has 1 amide bonds. The highest BCUT2D eigenvalue weighted by Gasteiger charge is 2.10. The molecule has 0 aliphatic carbocycles. The molecule has 0 fully saturated rings. The van der Waals surface area contributed by atoms with Crippen molar-refractivity contribution >= 4 is 11.6 Å². The minimum atomic E-state index is -0.768. The summed E-state index contributed by atoms with van der Waals surface area (Å²) in [6.45, 7) is 3.15. The van der Waals surface area contributed by atoms with E-state index in [-0.39, 0.29) is 5.56 Å². The molecule has 2 N–H and O–H groups in total. The summed E-state index contributed by atoms with van der Waals surface area (Å²) in [5, 5.41) is 2.65. The normalized spacial score (nSPS) is 10.2. The van der Waals surface area contributed by atoms with Gasteiger partial charge in [-0.2, -0.15) is 0 Å². The van der Waals surface area contributed by atoms with Gasteiger partial charge in [0.1, 0.15) is 29.8 Å². The molecule has 1 aromatic heterocycles. The standard InChI is InChI=1S/C22H19F2N3O3/c1-2-29-9-10-30-20-5-4-16(22-25-7-8-26-22)13-19(20)27-21(28)6-3-15-11-17(23)14-18(24)12-15/h4-5,7-8,11-14H,2,9-10H2,1H3,(H,25,26)(H,27,28). The van der Waals surface area contributed by atoms with Crippen molar-refractivity contribution in [3.63, 3.8) is 0 Å². The Morgan fingerprint density at radius 3 is 2.67 bits per heavy atom. The van der Waals surface area contributed by atoms with E-state index in [1.54, 1.807) is 30.6 Å². The first kappa shape index (κ1) is 21.0. The van der Waals surface area contributed by atoms with Crippen LogP contribution in [0.2, 0.25) is 0 Å². The molecule has 0 bridgehead atoms. The number of H-pyrrole nitrogens is 1. The molecule has 0 radical (unpaired) electrons. The molecule has 3 rings (SSSR count). The molecule has 0 aliphatic heterocycles. The zero-order valence-corrected chi connectivity index (χ0v) is 16.2. The predicted molar refractivity (Wildman–Crippen MR) is 108 cm³/mol. The van der Waals surface area contributed by atoms with Crippen LogP contribution in [0.4, 0.5) is 14.5 Å². The Bertz CT molecular complexity index is 1050. The zero-order valence-electron chi connectivity index (χ0n) is 16.2. The fraction of sp³-hybridized carbons (Fsp3) is 0.182. The van der Waals surface area contributed by atoms with Gasteiger partial charge in [0, 0.05) is 42.1 Å². The molecule has 154 valence electrons. The summed E-state index contributed by atoms with van der Waals surface area (Å²) in [4.78, 5) is 19.5. The first-order chi connectivity index (χ1) is 14.5. The quantitative estimate of drug-likeness (QED) is 0.459. The number of benzene rings is 2. The van der Waals surface area contributed by atoms with E-state index in [2.05, 4.69) is 27.1 Å². The van der Waals surface area contributed by atoms with E-state index in [0.29, 0.717) is 37.1 Å². The highest BCUT2D eigenvalue weighted by molar-refractivity contribution is 6.05. The summed E-state index contributed by atoms with van der Waals surface area (Å²) < 4.78 is 37.5. The van der Waals surface area contributed by atoms with Gasteiger partial charge < -0.3 is 19.8 Å². The highest BCUT2D eigenvalue weighted by Crippen LogP contribution is 2.29. The van der Waals surface area contributed by atoms with Crippen LogP contribution < -0.4 is 10.1 Å². The molecule has 0 saturated carbocycles. The minimum absolute atomic E-state index is 0.0557.